The number of nitrogens with zero attached hydrogens (tertiary/aromatic N) is 2. The van der Waals surface area contributed by atoms with Crippen LogP contribution in [0.3, 0.4) is 0 Å². The monoisotopic (exact) mass is 338 g/mol. The highest BCUT2D eigenvalue weighted by Gasteiger charge is 2.26. The van der Waals surface area contributed by atoms with E-state index in [-0.39, 0.29) is 0 Å². The largest absolute Gasteiger partial charge is 0.369 e. The number of nitrogens with one attached hydrogen (secondary N) is 2. The number of anilines is 1. The zero-order valence-corrected chi connectivity index (χ0v) is 13.9. The summed E-state index contributed by atoms with van der Waals surface area (Å²) in [7, 11) is -3.41. The second kappa shape index (κ2) is 6.31. The standard InChI is InChI=1S/C14H18N4O2S2/c1-10-2-5-13(21-10)22(19,20)17-9-8-15-12-6-7-16-14(18-12)11-3-4-11/h2,5-7,11,17H,3-4,8-9H2,1H3,(H,15,16,18). The summed E-state index contributed by atoms with van der Waals surface area (Å²) in [5, 5.41) is 3.12. The van der Waals surface area contributed by atoms with E-state index >= 15 is 0 Å². The molecular formula is C14H18N4O2S2. The first-order chi connectivity index (χ1) is 10.5. The molecule has 0 bridgehead atoms. The van der Waals surface area contributed by atoms with Crippen molar-refractivity contribution in [2.24, 2.45) is 0 Å². The highest BCUT2D eigenvalue weighted by molar-refractivity contribution is 7.91. The van der Waals surface area contributed by atoms with Gasteiger partial charge in [0, 0.05) is 30.1 Å². The summed E-state index contributed by atoms with van der Waals surface area (Å²) in [6.07, 6.45) is 4.05. The van der Waals surface area contributed by atoms with Gasteiger partial charge in [0.15, 0.2) is 0 Å². The van der Waals surface area contributed by atoms with Gasteiger partial charge in [-0.15, -0.1) is 11.3 Å². The quantitative estimate of drug-likeness (QED) is 0.756. The van der Waals surface area contributed by atoms with Crippen LogP contribution in [0.25, 0.3) is 0 Å². The lowest BCUT2D eigenvalue weighted by Crippen LogP contribution is -2.28. The molecule has 0 atom stereocenters. The topological polar surface area (TPSA) is 84.0 Å². The third-order valence-corrected chi connectivity index (χ3v) is 6.27. The van der Waals surface area contributed by atoms with Crippen LogP contribution in [0.5, 0.6) is 0 Å². The Morgan fingerprint density at radius 2 is 2.09 bits per heavy atom. The summed E-state index contributed by atoms with van der Waals surface area (Å²) in [5.74, 6) is 2.12. The van der Waals surface area contributed by atoms with E-state index in [0.717, 1.165) is 29.4 Å². The minimum absolute atomic E-state index is 0.308. The van der Waals surface area contributed by atoms with E-state index < -0.39 is 10.0 Å². The van der Waals surface area contributed by atoms with E-state index in [1.807, 2.05) is 6.92 Å². The molecule has 0 spiro atoms. The molecule has 2 aromatic heterocycles. The molecule has 2 N–H and O–H groups in total. The maximum Gasteiger partial charge on any atom is 0.250 e. The van der Waals surface area contributed by atoms with E-state index in [0.29, 0.717) is 23.2 Å². The van der Waals surface area contributed by atoms with Crippen molar-refractivity contribution < 1.29 is 8.42 Å². The SMILES string of the molecule is Cc1ccc(S(=O)(=O)NCCNc2ccnc(C3CC3)n2)s1. The van der Waals surface area contributed by atoms with Crippen LogP contribution in [-0.4, -0.2) is 31.5 Å². The summed E-state index contributed by atoms with van der Waals surface area (Å²) in [6.45, 7) is 2.67. The van der Waals surface area contributed by atoms with Crippen molar-refractivity contribution in [2.75, 3.05) is 18.4 Å². The molecule has 1 saturated carbocycles. The average molecular weight is 338 g/mol. The van der Waals surface area contributed by atoms with E-state index in [4.69, 9.17) is 0 Å². The van der Waals surface area contributed by atoms with E-state index in [2.05, 4.69) is 20.0 Å². The van der Waals surface area contributed by atoms with Gasteiger partial charge in [-0.2, -0.15) is 0 Å². The van der Waals surface area contributed by atoms with Gasteiger partial charge >= 0.3 is 0 Å². The van der Waals surface area contributed by atoms with Gasteiger partial charge in [0.05, 0.1) is 0 Å². The Morgan fingerprint density at radius 1 is 1.27 bits per heavy atom. The number of rotatable bonds is 7. The van der Waals surface area contributed by atoms with Crippen molar-refractivity contribution in [3.8, 4) is 0 Å². The van der Waals surface area contributed by atoms with Crippen molar-refractivity contribution in [1.29, 1.82) is 0 Å². The van der Waals surface area contributed by atoms with Crippen molar-refractivity contribution in [1.82, 2.24) is 14.7 Å². The van der Waals surface area contributed by atoms with Gasteiger partial charge in [0.1, 0.15) is 15.9 Å². The lowest BCUT2D eigenvalue weighted by atomic mass is 10.4. The molecular weight excluding hydrogens is 320 g/mol. The fraction of sp³-hybridized carbons (Fsp3) is 0.429. The highest BCUT2D eigenvalue weighted by atomic mass is 32.2. The van der Waals surface area contributed by atoms with Crippen molar-refractivity contribution in [3.63, 3.8) is 0 Å². The predicted molar refractivity (Wildman–Crippen MR) is 86.7 cm³/mol. The molecule has 22 heavy (non-hydrogen) atoms. The third-order valence-electron chi connectivity index (χ3n) is 3.32. The van der Waals surface area contributed by atoms with Gasteiger partial charge in [0.25, 0.3) is 0 Å². The minimum atomic E-state index is -3.41. The first kappa shape index (κ1) is 15.4. The number of aromatic nitrogens is 2. The van der Waals surface area contributed by atoms with Gasteiger partial charge < -0.3 is 5.32 Å². The van der Waals surface area contributed by atoms with Gasteiger partial charge in [-0.1, -0.05) is 0 Å². The van der Waals surface area contributed by atoms with Crippen molar-refractivity contribution >= 4 is 27.2 Å². The molecule has 0 unspecified atom stereocenters. The summed E-state index contributed by atoms with van der Waals surface area (Å²) in [4.78, 5) is 9.66. The Balaban J connectivity index is 1.50. The molecule has 1 aliphatic rings. The maximum absolute atomic E-state index is 12.1. The van der Waals surface area contributed by atoms with E-state index in [1.165, 1.54) is 11.3 Å². The number of hydrogen-bond acceptors (Lipinski definition) is 6. The molecule has 2 aromatic rings. The zero-order chi connectivity index (χ0) is 15.6. The van der Waals surface area contributed by atoms with Gasteiger partial charge in [-0.25, -0.2) is 23.1 Å². The Bertz CT molecular complexity index is 754. The number of aryl methyl sites for hydroxylation is 1. The molecule has 1 fully saturated rings. The molecule has 0 radical (unpaired) electrons. The molecule has 0 aromatic carbocycles. The van der Waals surface area contributed by atoms with Crippen LogP contribution in [0.2, 0.25) is 0 Å². The summed E-state index contributed by atoms with van der Waals surface area (Å²) >= 11 is 1.27. The molecule has 0 amide bonds. The van der Waals surface area contributed by atoms with Crippen molar-refractivity contribution in [3.05, 3.63) is 35.1 Å². The first-order valence-electron chi connectivity index (χ1n) is 7.17. The summed E-state index contributed by atoms with van der Waals surface area (Å²) < 4.78 is 27.0. The van der Waals surface area contributed by atoms with Gasteiger partial charge in [-0.05, 0) is 38.0 Å². The van der Waals surface area contributed by atoms with Crippen LogP contribution in [0.4, 0.5) is 5.82 Å². The van der Waals surface area contributed by atoms with Crippen LogP contribution in [0.15, 0.2) is 28.6 Å². The van der Waals surface area contributed by atoms with Gasteiger partial charge in [-0.3, -0.25) is 0 Å². The normalized spacial score (nSPS) is 15.0. The molecule has 3 rings (SSSR count). The van der Waals surface area contributed by atoms with Crippen LogP contribution < -0.4 is 10.0 Å². The fourth-order valence-electron chi connectivity index (χ4n) is 2.01. The molecule has 6 nitrogen and oxygen atoms in total. The van der Waals surface area contributed by atoms with E-state index in [9.17, 15) is 8.42 Å². The van der Waals surface area contributed by atoms with Crippen LogP contribution >= 0.6 is 11.3 Å². The van der Waals surface area contributed by atoms with Crippen molar-refractivity contribution in [2.45, 2.75) is 29.9 Å². The third kappa shape index (κ3) is 3.82. The fourth-order valence-corrected chi connectivity index (χ4v) is 4.37. The predicted octanol–water partition coefficient (Wildman–Crippen LogP) is 2.11. The summed E-state index contributed by atoms with van der Waals surface area (Å²) in [6, 6.07) is 5.23. The molecule has 0 aliphatic heterocycles. The molecule has 2 heterocycles. The van der Waals surface area contributed by atoms with Crippen LogP contribution in [0, 0.1) is 6.92 Å². The second-order valence-corrected chi connectivity index (χ2v) is 8.55. The zero-order valence-electron chi connectivity index (χ0n) is 12.2. The Kier molecular flexibility index (Phi) is 4.42. The number of sulfonamides is 1. The molecule has 118 valence electrons. The maximum atomic E-state index is 12.1. The first-order valence-corrected chi connectivity index (χ1v) is 9.47. The average Bonchev–Trinajstić information content (AvgIpc) is 3.25. The van der Waals surface area contributed by atoms with E-state index in [1.54, 1.807) is 24.4 Å². The summed E-state index contributed by atoms with van der Waals surface area (Å²) in [5.41, 5.74) is 0. The molecule has 0 saturated heterocycles. The van der Waals surface area contributed by atoms with Gasteiger partial charge in [0.2, 0.25) is 10.0 Å². The smallest absolute Gasteiger partial charge is 0.250 e. The Morgan fingerprint density at radius 3 is 2.77 bits per heavy atom. The number of thiophene rings is 1. The Hall–Kier alpha value is -1.51. The van der Waals surface area contributed by atoms with Crippen LogP contribution in [-0.2, 0) is 10.0 Å². The minimum Gasteiger partial charge on any atom is -0.369 e. The molecule has 8 heteroatoms. The number of hydrogen-bond donors (Lipinski definition) is 2. The lowest BCUT2D eigenvalue weighted by Gasteiger charge is -2.08. The van der Waals surface area contributed by atoms with Crippen LogP contribution in [0.1, 0.15) is 29.5 Å². The molecule has 1 aliphatic carbocycles. The highest BCUT2D eigenvalue weighted by Crippen LogP contribution is 2.37. The second-order valence-electron chi connectivity index (χ2n) is 5.26. The Labute approximate surface area is 134 Å². The lowest BCUT2D eigenvalue weighted by molar-refractivity contribution is 0.585.